The van der Waals surface area contributed by atoms with Crippen molar-refractivity contribution in [2.24, 2.45) is 10.2 Å². The van der Waals surface area contributed by atoms with Crippen LogP contribution in [-0.4, -0.2) is 22.5 Å². The van der Waals surface area contributed by atoms with E-state index in [4.69, 9.17) is 0 Å². The zero-order valence-electron chi connectivity index (χ0n) is 13.8. The molecule has 0 aliphatic carbocycles. The molecule has 0 saturated carbocycles. The highest BCUT2D eigenvalue weighted by molar-refractivity contribution is 9.10. The summed E-state index contributed by atoms with van der Waals surface area (Å²) in [5.74, 6) is -0.550. The second-order valence-electron chi connectivity index (χ2n) is 5.70. The number of para-hydroxylation sites is 1. The summed E-state index contributed by atoms with van der Waals surface area (Å²) < 4.78 is 0.806. The van der Waals surface area contributed by atoms with Crippen LogP contribution in [0.3, 0.4) is 0 Å². The van der Waals surface area contributed by atoms with Crippen molar-refractivity contribution in [3.8, 4) is 5.88 Å². The summed E-state index contributed by atoms with van der Waals surface area (Å²) in [6, 6.07) is 11.4. The smallest absolute Gasteiger partial charge is 0.283 e. The summed E-state index contributed by atoms with van der Waals surface area (Å²) in [5.41, 5.74) is 3.88. The van der Waals surface area contributed by atoms with Crippen molar-refractivity contribution in [3.63, 3.8) is 0 Å². The normalized spacial score (nSPS) is 11.3. The predicted molar refractivity (Wildman–Crippen MR) is 102 cm³/mol. The molecule has 25 heavy (non-hydrogen) atoms. The van der Waals surface area contributed by atoms with Crippen LogP contribution in [0.15, 0.2) is 51.1 Å². The first-order chi connectivity index (χ1) is 12.0. The summed E-state index contributed by atoms with van der Waals surface area (Å²) in [6.07, 6.45) is 0. The van der Waals surface area contributed by atoms with E-state index in [2.05, 4.69) is 36.5 Å². The van der Waals surface area contributed by atoms with E-state index in [-0.39, 0.29) is 18.1 Å². The predicted octanol–water partition coefficient (Wildman–Crippen LogP) is 4.98. The van der Waals surface area contributed by atoms with E-state index in [0.717, 1.165) is 26.8 Å². The second kappa shape index (κ2) is 7.06. The van der Waals surface area contributed by atoms with Gasteiger partial charge in [-0.25, -0.2) is 0 Å². The Kier molecular flexibility index (Phi) is 4.85. The molecule has 0 atom stereocenters. The molecule has 0 aliphatic rings. The Balaban J connectivity index is 1.79. The van der Waals surface area contributed by atoms with Crippen LogP contribution < -0.4 is 5.32 Å². The third-order valence-corrected chi connectivity index (χ3v) is 4.91. The lowest BCUT2D eigenvalue weighted by Crippen LogP contribution is -2.11. The number of hydrogen-bond acceptors (Lipinski definition) is 4. The van der Waals surface area contributed by atoms with E-state index in [1.54, 1.807) is 0 Å². The molecule has 0 fully saturated rings. The Morgan fingerprint density at radius 2 is 1.96 bits per heavy atom. The highest BCUT2D eigenvalue weighted by Crippen LogP contribution is 2.41. The topological polar surface area (TPSA) is 89.8 Å². The van der Waals surface area contributed by atoms with Gasteiger partial charge < -0.3 is 15.4 Å². The number of nitrogens with one attached hydrogen (secondary N) is 2. The summed E-state index contributed by atoms with van der Waals surface area (Å²) in [5, 5.41) is 21.4. The number of aryl methyl sites for hydroxylation is 2. The first kappa shape index (κ1) is 17.2. The average Bonchev–Trinajstić information content (AvgIpc) is 2.92. The maximum atomic E-state index is 12.0. The molecule has 128 valence electrons. The van der Waals surface area contributed by atoms with Crippen LogP contribution in [0.25, 0.3) is 10.9 Å². The van der Waals surface area contributed by atoms with Crippen molar-refractivity contribution in [1.82, 2.24) is 4.98 Å². The molecule has 0 aliphatic heterocycles. The lowest BCUT2D eigenvalue weighted by molar-refractivity contribution is -0.116. The zero-order chi connectivity index (χ0) is 18.0. The summed E-state index contributed by atoms with van der Waals surface area (Å²) in [7, 11) is 0. The van der Waals surface area contributed by atoms with E-state index in [9.17, 15) is 9.90 Å². The van der Waals surface area contributed by atoms with Crippen LogP contribution in [0, 0.1) is 13.8 Å². The zero-order valence-corrected chi connectivity index (χ0v) is 15.4. The number of carbonyl (C=O) groups is 1. The van der Waals surface area contributed by atoms with E-state index < -0.39 is 5.91 Å². The van der Waals surface area contributed by atoms with Gasteiger partial charge in [-0.2, -0.15) is 0 Å². The van der Waals surface area contributed by atoms with Gasteiger partial charge in [-0.1, -0.05) is 24.3 Å². The minimum Gasteiger partial charge on any atom is -0.493 e. The molecule has 3 N–H and O–H groups in total. The molecule has 0 unspecified atom stereocenters. The number of carbonyl (C=O) groups excluding carboxylic acids is 1. The molecular formula is C18H17BrN4O2. The third kappa shape index (κ3) is 3.56. The van der Waals surface area contributed by atoms with Gasteiger partial charge in [-0.15, -0.1) is 10.2 Å². The Morgan fingerprint density at radius 3 is 2.72 bits per heavy atom. The van der Waals surface area contributed by atoms with E-state index in [1.165, 1.54) is 0 Å². The number of anilines is 1. The lowest BCUT2D eigenvalue weighted by atomic mass is 10.1. The van der Waals surface area contributed by atoms with Gasteiger partial charge in [0.25, 0.3) is 5.91 Å². The SMILES string of the molecule is Cc1ccccc1NCC(=O)N=Nc1c(O)[nH]c2ccc(C)c(Br)c12. The van der Waals surface area contributed by atoms with Gasteiger partial charge in [-0.3, -0.25) is 4.79 Å². The molecule has 1 amide bonds. The fraction of sp³-hybridized carbons (Fsp3) is 0.167. The highest BCUT2D eigenvalue weighted by Gasteiger charge is 2.15. The maximum absolute atomic E-state index is 12.0. The highest BCUT2D eigenvalue weighted by atomic mass is 79.9. The van der Waals surface area contributed by atoms with E-state index in [0.29, 0.717) is 5.39 Å². The number of amides is 1. The van der Waals surface area contributed by atoms with Gasteiger partial charge in [0.05, 0.1) is 12.1 Å². The Morgan fingerprint density at radius 1 is 1.20 bits per heavy atom. The molecular weight excluding hydrogens is 384 g/mol. The Labute approximate surface area is 153 Å². The maximum Gasteiger partial charge on any atom is 0.283 e. The van der Waals surface area contributed by atoms with E-state index >= 15 is 0 Å². The van der Waals surface area contributed by atoms with E-state index in [1.807, 2.05) is 50.2 Å². The van der Waals surface area contributed by atoms with Crippen molar-refractivity contribution in [1.29, 1.82) is 0 Å². The van der Waals surface area contributed by atoms with Gasteiger partial charge in [-0.05, 0) is 53.0 Å². The molecule has 1 heterocycles. The largest absolute Gasteiger partial charge is 0.493 e. The standard InChI is InChI=1S/C18H17BrN4O2/c1-10-5-3-4-6-12(10)20-9-14(24)22-23-17-15-13(21-18(17)25)8-7-11(2)16(15)19/h3-8,20-21,25H,9H2,1-2H3. The molecule has 7 heteroatoms. The van der Waals surface area contributed by atoms with Crippen molar-refractivity contribution >= 4 is 44.1 Å². The van der Waals surface area contributed by atoms with Crippen LogP contribution in [-0.2, 0) is 4.79 Å². The number of aromatic hydroxyl groups is 1. The molecule has 6 nitrogen and oxygen atoms in total. The molecule has 0 bridgehead atoms. The number of rotatable bonds is 4. The number of aromatic nitrogens is 1. The fourth-order valence-corrected chi connectivity index (χ4v) is 3.04. The Bertz CT molecular complexity index is 979. The van der Waals surface area contributed by atoms with Gasteiger partial charge >= 0.3 is 0 Å². The summed E-state index contributed by atoms with van der Waals surface area (Å²) in [4.78, 5) is 14.8. The lowest BCUT2D eigenvalue weighted by Gasteiger charge is -2.06. The van der Waals surface area contributed by atoms with Crippen LogP contribution in [0.4, 0.5) is 11.4 Å². The van der Waals surface area contributed by atoms with Crippen molar-refractivity contribution in [3.05, 3.63) is 52.0 Å². The number of nitrogens with zero attached hydrogens (tertiary/aromatic N) is 2. The van der Waals surface area contributed by atoms with Gasteiger partial charge in [0.2, 0.25) is 5.88 Å². The van der Waals surface area contributed by atoms with Crippen LogP contribution >= 0.6 is 15.9 Å². The number of H-pyrrole nitrogens is 1. The molecule has 3 aromatic rings. The molecule has 1 aromatic heterocycles. The minimum atomic E-state index is -0.430. The molecule has 0 spiro atoms. The fourth-order valence-electron chi connectivity index (χ4n) is 2.50. The third-order valence-electron chi connectivity index (χ3n) is 3.89. The monoisotopic (exact) mass is 400 g/mol. The van der Waals surface area contributed by atoms with Crippen LogP contribution in [0.1, 0.15) is 11.1 Å². The Hall–Kier alpha value is -2.67. The first-order valence-corrected chi connectivity index (χ1v) is 8.50. The number of hydrogen-bond donors (Lipinski definition) is 3. The summed E-state index contributed by atoms with van der Waals surface area (Å²) in [6.45, 7) is 3.92. The first-order valence-electron chi connectivity index (χ1n) is 7.71. The second-order valence-corrected chi connectivity index (χ2v) is 6.50. The van der Waals surface area contributed by atoms with Gasteiger partial charge in [0, 0.05) is 15.5 Å². The van der Waals surface area contributed by atoms with Crippen molar-refractivity contribution in [2.45, 2.75) is 13.8 Å². The van der Waals surface area contributed by atoms with Crippen LogP contribution in [0.5, 0.6) is 5.88 Å². The molecule has 2 aromatic carbocycles. The molecule has 0 radical (unpaired) electrons. The number of halogens is 1. The average molecular weight is 401 g/mol. The number of aromatic amines is 1. The summed E-state index contributed by atoms with van der Waals surface area (Å²) >= 11 is 3.49. The van der Waals surface area contributed by atoms with Crippen molar-refractivity contribution < 1.29 is 9.90 Å². The van der Waals surface area contributed by atoms with Crippen LogP contribution in [0.2, 0.25) is 0 Å². The number of fused-ring (bicyclic) bond motifs is 1. The van der Waals surface area contributed by atoms with Gasteiger partial charge in [0.1, 0.15) is 0 Å². The van der Waals surface area contributed by atoms with Gasteiger partial charge in [0.15, 0.2) is 5.69 Å². The van der Waals surface area contributed by atoms with Crippen molar-refractivity contribution in [2.75, 3.05) is 11.9 Å². The molecule has 0 saturated heterocycles. The quantitative estimate of drug-likeness (QED) is 0.539. The number of azo groups is 1. The number of benzene rings is 2. The minimum absolute atomic E-state index is 0.0255. The molecule has 3 rings (SSSR count).